The maximum Gasteiger partial charge on any atom is 0.306 e. The summed E-state index contributed by atoms with van der Waals surface area (Å²) in [6, 6.07) is 0. The van der Waals surface area contributed by atoms with Crippen LogP contribution in [0.15, 0.2) is 0 Å². The number of rotatable bonds is 6. The van der Waals surface area contributed by atoms with Crippen LogP contribution in [0.5, 0.6) is 0 Å². The van der Waals surface area contributed by atoms with Crippen molar-refractivity contribution in [1.29, 1.82) is 0 Å². The Bertz CT molecular complexity index is 954. The molecule has 0 spiro atoms. The van der Waals surface area contributed by atoms with E-state index in [1.165, 1.54) is 0 Å². The first-order valence-corrected chi connectivity index (χ1v) is 14.1. The van der Waals surface area contributed by atoms with Gasteiger partial charge in [-0.2, -0.15) is 0 Å². The molecule has 4 aliphatic rings. The molecule has 0 aliphatic heterocycles. The van der Waals surface area contributed by atoms with Gasteiger partial charge in [0.15, 0.2) is 17.0 Å². The molecular formula is C28H40ClFO6. The number of Topliss-reactive ketones (excluding diaryl/α,β-unsaturated/α-hetero) is 2. The van der Waals surface area contributed by atoms with Gasteiger partial charge in [0, 0.05) is 42.4 Å². The van der Waals surface area contributed by atoms with E-state index in [0.717, 1.165) is 0 Å². The van der Waals surface area contributed by atoms with Crippen LogP contribution in [0.25, 0.3) is 0 Å². The Hall–Kier alpha value is -1.50. The molecule has 6 nitrogen and oxygen atoms in total. The van der Waals surface area contributed by atoms with Gasteiger partial charge in [-0.25, -0.2) is 4.39 Å². The third kappa shape index (κ3) is 3.54. The third-order valence-corrected chi connectivity index (χ3v) is 11.1. The minimum absolute atomic E-state index is 0.0244. The minimum Gasteiger partial charge on any atom is -0.455 e. The van der Waals surface area contributed by atoms with E-state index in [1.54, 1.807) is 13.8 Å². The third-order valence-electron chi connectivity index (χ3n) is 10.8. The first kappa shape index (κ1) is 27.5. The van der Waals surface area contributed by atoms with Crippen LogP contribution in [-0.4, -0.2) is 46.8 Å². The van der Waals surface area contributed by atoms with Crippen molar-refractivity contribution in [2.24, 2.45) is 34.5 Å². The summed E-state index contributed by atoms with van der Waals surface area (Å²) >= 11 is 6.09. The molecule has 0 saturated heterocycles. The van der Waals surface area contributed by atoms with Gasteiger partial charge in [0.2, 0.25) is 0 Å². The first-order chi connectivity index (χ1) is 16.9. The van der Waals surface area contributed by atoms with Crippen LogP contribution in [0.3, 0.4) is 0 Å². The van der Waals surface area contributed by atoms with Gasteiger partial charge in [0.1, 0.15) is 12.0 Å². The summed E-state index contributed by atoms with van der Waals surface area (Å²) in [6.07, 6.45) is 1.59. The van der Waals surface area contributed by atoms with Gasteiger partial charge in [0.05, 0.1) is 5.88 Å². The van der Waals surface area contributed by atoms with Crippen molar-refractivity contribution in [3.63, 3.8) is 0 Å². The summed E-state index contributed by atoms with van der Waals surface area (Å²) in [7, 11) is 0. The fourth-order valence-electron chi connectivity index (χ4n) is 9.03. The SMILES string of the molecule is CCC(=O)O[C@]12CC(=O)CC[C@]1(C)[C@H]1CC[C@@]3(C)[C@@H](C[C@H](C)[C@]3(OC(=O)CC)C(=O)CCl)[C@@H]1C[C@H]2F. The molecule has 0 N–H and O–H groups in total. The van der Waals surface area contributed by atoms with Crippen LogP contribution in [0.4, 0.5) is 4.39 Å². The van der Waals surface area contributed by atoms with E-state index in [-0.39, 0.29) is 66.8 Å². The highest BCUT2D eigenvalue weighted by Crippen LogP contribution is 2.71. The zero-order valence-electron chi connectivity index (χ0n) is 22.2. The quantitative estimate of drug-likeness (QED) is 0.341. The average Bonchev–Trinajstić information content (AvgIpc) is 3.07. The molecule has 4 aliphatic carbocycles. The van der Waals surface area contributed by atoms with E-state index in [4.69, 9.17) is 21.1 Å². The molecule has 0 radical (unpaired) electrons. The molecule has 0 amide bonds. The lowest BCUT2D eigenvalue weighted by Crippen LogP contribution is -2.69. The predicted molar refractivity (Wildman–Crippen MR) is 132 cm³/mol. The van der Waals surface area contributed by atoms with Crippen LogP contribution in [0, 0.1) is 34.5 Å². The number of esters is 2. The summed E-state index contributed by atoms with van der Waals surface area (Å²) in [5.74, 6) is -1.88. The summed E-state index contributed by atoms with van der Waals surface area (Å²) in [5, 5.41) is 0. The zero-order chi connectivity index (χ0) is 26.7. The topological polar surface area (TPSA) is 86.7 Å². The smallest absolute Gasteiger partial charge is 0.306 e. The van der Waals surface area contributed by atoms with E-state index < -0.39 is 40.1 Å². The van der Waals surface area contributed by atoms with E-state index in [9.17, 15) is 19.2 Å². The summed E-state index contributed by atoms with van der Waals surface area (Å²) in [5.41, 5.74) is -4.16. The monoisotopic (exact) mass is 526 g/mol. The number of ketones is 2. The van der Waals surface area contributed by atoms with Gasteiger partial charge in [0.25, 0.3) is 0 Å². The van der Waals surface area contributed by atoms with Crippen LogP contribution < -0.4 is 0 Å². The van der Waals surface area contributed by atoms with Gasteiger partial charge in [-0.05, 0) is 49.9 Å². The normalized spacial score (nSPS) is 45.8. The molecule has 9 atom stereocenters. The number of hydrogen-bond acceptors (Lipinski definition) is 6. The number of fused-ring (bicyclic) bond motifs is 5. The number of hydrogen-bond donors (Lipinski definition) is 0. The van der Waals surface area contributed by atoms with Gasteiger partial charge < -0.3 is 9.47 Å². The lowest BCUT2D eigenvalue weighted by Gasteiger charge is -2.65. The van der Waals surface area contributed by atoms with Crippen LogP contribution >= 0.6 is 11.6 Å². The number of halogens is 2. The van der Waals surface area contributed by atoms with Crippen molar-refractivity contribution in [3.05, 3.63) is 0 Å². The fourth-order valence-corrected chi connectivity index (χ4v) is 9.23. The molecule has 0 aromatic carbocycles. The number of carbonyl (C=O) groups excluding carboxylic acids is 4. The fraction of sp³-hybridized carbons (Fsp3) is 0.857. The van der Waals surface area contributed by atoms with Gasteiger partial charge in [-0.1, -0.05) is 34.6 Å². The Kier molecular flexibility index (Phi) is 7.15. The van der Waals surface area contributed by atoms with E-state index >= 15 is 4.39 Å². The summed E-state index contributed by atoms with van der Waals surface area (Å²) in [6.45, 7) is 9.34. The molecule has 0 aromatic rings. The van der Waals surface area contributed by atoms with Gasteiger partial charge in [-0.15, -0.1) is 11.6 Å². The van der Waals surface area contributed by atoms with Crippen LogP contribution in [-0.2, 0) is 28.7 Å². The molecule has 0 heterocycles. The largest absolute Gasteiger partial charge is 0.455 e. The van der Waals surface area contributed by atoms with E-state index in [2.05, 4.69) is 0 Å². The van der Waals surface area contributed by atoms with Crippen molar-refractivity contribution in [2.75, 3.05) is 5.88 Å². The molecule has 4 saturated carbocycles. The van der Waals surface area contributed by atoms with Crippen molar-refractivity contribution in [3.8, 4) is 0 Å². The van der Waals surface area contributed by atoms with Gasteiger partial charge >= 0.3 is 11.9 Å². The Morgan fingerprint density at radius 1 is 1.00 bits per heavy atom. The van der Waals surface area contributed by atoms with Crippen molar-refractivity contribution in [2.45, 2.75) is 110 Å². The standard InChI is InChI=1S/C28H40ClFO6/c1-6-23(33)35-27-14-17(31)8-10-25(27,4)19-9-11-26(5)20(18(19)13-21(27)30)12-16(3)28(26,22(32)15-29)36-24(34)7-2/h16,18-21H,6-15H2,1-5H3/t16-,18+,19-,20-,21+,25+,26-,27-,28-/m0/s1. The van der Waals surface area contributed by atoms with Gasteiger partial charge in [-0.3, -0.25) is 19.2 Å². The lowest BCUT2D eigenvalue weighted by atomic mass is 9.42. The second kappa shape index (κ2) is 9.36. The predicted octanol–water partition coefficient (Wildman–Crippen LogP) is 5.37. The number of carbonyl (C=O) groups is 4. The molecular weight excluding hydrogens is 487 g/mol. The Morgan fingerprint density at radius 2 is 1.64 bits per heavy atom. The molecule has 202 valence electrons. The first-order valence-electron chi connectivity index (χ1n) is 13.6. The minimum atomic E-state index is -1.49. The maximum absolute atomic E-state index is 16.4. The zero-order valence-corrected chi connectivity index (χ0v) is 22.9. The molecule has 36 heavy (non-hydrogen) atoms. The van der Waals surface area contributed by atoms with Crippen molar-refractivity contribution in [1.82, 2.24) is 0 Å². The highest BCUT2D eigenvalue weighted by molar-refractivity contribution is 6.29. The highest BCUT2D eigenvalue weighted by Gasteiger charge is 2.75. The number of alkyl halides is 2. The van der Waals surface area contributed by atoms with Crippen molar-refractivity contribution < 1.29 is 33.0 Å². The maximum atomic E-state index is 16.4. The Morgan fingerprint density at radius 3 is 2.25 bits per heavy atom. The molecule has 4 fully saturated rings. The van der Waals surface area contributed by atoms with Crippen LogP contribution in [0.1, 0.15) is 92.4 Å². The molecule has 4 rings (SSSR count). The molecule has 8 heteroatoms. The second-order valence-electron chi connectivity index (χ2n) is 12.1. The second-order valence-corrected chi connectivity index (χ2v) is 12.4. The Balaban J connectivity index is 1.78. The van der Waals surface area contributed by atoms with E-state index in [1.807, 2.05) is 20.8 Å². The summed E-state index contributed by atoms with van der Waals surface area (Å²) < 4.78 is 28.4. The molecule has 0 unspecified atom stereocenters. The molecule has 0 aromatic heterocycles. The average molecular weight is 527 g/mol. The highest BCUT2D eigenvalue weighted by atomic mass is 35.5. The number of ether oxygens (including phenoxy) is 2. The van der Waals surface area contributed by atoms with E-state index in [0.29, 0.717) is 32.1 Å². The lowest BCUT2D eigenvalue weighted by molar-refractivity contribution is -0.252. The van der Waals surface area contributed by atoms with Crippen molar-refractivity contribution >= 4 is 35.1 Å². The molecule has 0 bridgehead atoms. The van der Waals surface area contributed by atoms with Crippen LogP contribution in [0.2, 0.25) is 0 Å². The Labute approximate surface area is 218 Å². The summed E-state index contributed by atoms with van der Waals surface area (Å²) in [4.78, 5) is 51.1.